The van der Waals surface area contributed by atoms with Crippen molar-refractivity contribution < 1.29 is 15.3 Å². The molecule has 0 fully saturated rings. The zero-order valence-electron chi connectivity index (χ0n) is 15.0. The molecule has 0 saturated heterocycles. The number of ether oxygens (including phenoxy) is 2. The fourth-order valence-electron chi connectivity index (χ4n) is 3.42. The van der Waals surface area contributed by atoms with Gasteiger partial charge in [0.2, 0.25) is 5.79 Å². The summed E-state index contributed by atoms with van der Waals surface area (Å²) in [7, 11) is 1.58. The van der Waals surface area contributed by atoms with Crippen LogP contribution in [-0.4, -0.2) is 12.9 Å². The lowest BCUT2D eigenvalue weighted by Crippen LogP contribution is -2.41. The molecule has 2 unspecified atom stereocenters. The summed E-state index contributed by atoms with van der Waals surface area (Å²) >= 11 is 0. The van der Waals surface area contributed by atoms with E-state index in [9.17, 15) is 4.79 Å². The van der Waals surface area contributed by atoms with Gasteiger partial charge in [-0.2, -0.15) is 0 Å². The highest BCUT2D eigenvalue weighted by Gasteiger charge is 2.41. The van der Waals surface area contributed by atoms with E-state index >= 15 is 0 Å². The predicted molar refractivity (Wildman–Crippen MR) is 95.8 cm³/mol. The maximum absolute atomic E-state index is 12.8. The first-order chi connectivity index (χ1) is 12.4. The van der Waals surface area contributed by atoms with Crippen LogP contribution >= 0.6 is 0 Å². The van der Waals surface area contributed by atoms with E-state index in [1.165, 1.54) is 0 Å². The van der Waals surface area contributed by atoms with Crippen molar-refractivity contribution in [3.63, 3.8) is 0 Å². The van der Waals surface area contributed by atoms with Gasteiger partial charge in [-0.05, 0) is 17.7 Å². The van der Waals surface area contributed by atoms with Gasteiger partial charge < -0.3 is 19.6 Å². The minimum atomic E-state index is -0.900. The quantitative estimate of drug-likeness (QED) is 0.570. The molecule has 2 heterocycles. The number of anilines is 1. The van der Waals surface area contributed by atoms with E-state index in [4.69, 9.17) is 21.0 Å². The second kappa shape index (κ2) is 5.63. The minimum Gasteiger partial charge on any atom is -0.461 e. The molecule has 25 heavy (non-hydrogen) atoms. The number of para-hydroxylation sites is 1. The van der Waals surface area contributed by atoms with E-state index in [2.05, 4.69) is 0 Å². The largest absolute Gasteiger partial charge is 0.461 e. The van der Waals surface area contributed by atoms with Gasteiger partial charge in [0.05, 0.1) is 18.0 Å². The van der Waals surface area contributed by atoms with Crippen molar-refractivity contribution in [2.24, 2.45) is 0 Å². The molecule has 2 atom stereocenters. The van der Waals surface area contributed by atoms with Crippen LogP contribution in [0.1, 0.15) is 31.8 Å². The van der Waals surface area contributed by atoms with Gasteiger partial charge in [-0.3, -0.25) is 0 Å². The first kappa shape index (κ1) is 14.5. The smallest absolute Gasteiger partial charge is 0.343 e. The molecule has 5 nitrogen and oxygen atoms in total. The summed E-state index contributed by atoms with van der Waals surface area (Å²) in [5.74, 6) is -0.728. The Morgan fingerprint density at radius 2 is 2.04 bits per heavy atom. The summed E-state index contributed by atoms with van der Waals surface area (Å²) in [5.41, 5.74) is 7.57. The third-order valence-electron chi connectivity index (χ3n) is 4.77. The fourth-order valence-corrected chi connectivity index (χ4v) is 3.42. The summed E-state index contributed by atoms with van der Waals surface area (Å²) in [6.45, 7) is 1.84. The Morgan fingerprint density at radius 3 is 2.76 bits per heavy atom. The topological polar surface area (TPSA) is 74.7 Å². The monoisotopic (exact) mass is 339 g/mol. The highest BCUT2D eigenvalue weighted by Crippen LogP contribution is 2.46. The van der Waals surface area contributed by atoms with Crippen LogP contribution in [0.25, 0.3) is 11.0 Å². The molecule has 0 radical (unpaired) electrons. The predicted octanol–water partition coefficient (Wildman–Crippen LogP) is 3.65. The van der Waals surface area contributed by atoms with Crippen molar-refractivity contribution in [1.82, 2.24) is 0 Å². The number of rotatable bonds is 2. The number of hydrogen-bond acceptors (Lipinski definition) is 5. The zero-order chi connectivity index (χ0) is 18.5. The number of fused-ring (bicyclic) bond motifs is 3. The molecule has 0 spiro atoms. The van der Waals surface area contributed by atoms with Crippen LogP contribution < -0.4 is 16.1 Å². The van der Waals surface area contributed by atoms with Gasteiger partial charge >= 0.3 is 5.63 Å². The van der Waals surface area contributed by atoms with Gasteiger partial charge in [0, 0.05) is 26.4 Å². The Morgan fingerprint density at radius 1 is 1.28 bits per heavy atom. The highest BCUT2D eigenvalue weighted by atomic mass is 16.7. The molecule has 5 heteroatoms. The molecule has 0 bridgehead atoms. The van der Waals surface area contributed by atoms with Gasteiger partial charge in [0.25, 0.3) is 0 Å². The van der Waals surface area contributed by atoms with Crippen LogP contribution in [0.5, 0.6) is 5.75 Å². The third-order valence-corrected chi connectivity index (χ3v) is 4.77. The Hall–Kier alpha value is -2.79. The van der Waals surface area contributed by atoms with Crippen LogP contribution in [-0.2, 0) is 4.74 Å². The average molecular weight is 339 g/mol. The number of benzene rings is 2. The second-order valence-electron chi connectivity index (χ2n) is 6.39. The third kappa shape index (κ3) is 2.48. The summed E-state index contributed by atoms with van der Waals surface area (Å²) in [5, 5.41) is 0.643. The lowest BCUT2D eigenvalue weighted by atomic mass is 9.83. The molecule has 3 aromatic rings. The van der Waals surface area contributed by atoms with Gasteiger partial charge in [0.15, 0.2) is 5.58 Å². The maximum atomic E-state index is 12.8. The molecule has 4 rings (SSSR count). The Bertz CT molecular complexity index is 1040. The van der Waals surface area contributed by atoms with E-state index in [0.717, 1.165) is 5.56 Å². The maximum Gasteiger partial charge on any atom is 0.343 e. The van der Waals surface area contributed by atoms with Crippen LogP contribution in [0.15, 0.2) is 57.7 Å². The van der Waals surface area contributed by atoms with Crippen LogP contribution in [0, 0.1) is 0 Å². The van der Waals surface area contributed by atoms with Gasteiger partial charge in [-0.15, -0.1) is 0 Å². The molecule has 0 amide bonds. The average Bonchev–Trinajstić information content (AvgIpc) is 2.63. The molecule has 2 N–H and O–H groups in total. The first-order valence-corrected chi connectivity index (χ1v) is 8.08. The van der Waals surface area contributed by atoms with Crippen molar-refractivity contribution in [1.29, 1.82) is 0 Å². The normalized spacial score (nSPS) is 23.0. The zero-order valence-corrected chi connectivity index (χ0v) is 14.0. The van der Waals surface area contributed by atoms with Crippen molar-refractivity contribution in [2.75, 3.05) is 12.8 Å². The van der Waals surface area contributed by atoms with E-state index in [-0.39, 0.29) is 5.92 Å². The number of methoxy groups -OCH3 is 1. The van der Waals surface area contributed by atoms with E-state index < -0.39 is 11.4 Å². The van der Waals surface area contributed by atoms with Gasteiger partial charge in [-0.25, -0.2) is 4.79 Å². The lowest BCUT2D eigenvalue weighted by Gasteiger charge is -2.38. The molecular weight excluding hydrogens is 318 g/mol. The molecular formula is C20H19NO4. The van der Waals surface area contributed by atoms with Gasteiger partial charge in [-0.1, -0.05) is 36.4 Å². The molecule has 1 aliphatic rings. The van der Waals surface area contributed by atoms with Crippen molar-refractivity contribution in [3.05, 3.63) is 70.1 Å². The summed E-state index contributed by atoms with van der Waals surface area (Å²) in [4.78, 5) is 12.8. The Labute approximate surface area is 146 Å². The van der Waals surface area contributed by atoms with Crippen molar-refractivity contribution in [3.8, 4) is 5.75 Å². The molecule has 0 aliphatic carbocycles. The molecule has 2 aromatic carbocycles. The summed E-state index contributed by atoms with van der Waals surface area (Å²) in [6, 6.07) is 12.8. The van der Waals surface area contributed by atoms with Crippen LogP contribution in [0.4, 0.5) is 5.69 Å². The highest BCUT2D eigenvalue weighted by molar-refractivity contribution is 5.93. The Kier molecular flexibility index (Phi) is 3.28. The summed E-state index contributed by atoms with van der Waals surface area (Å²) < 4.78 is 24.9. The first-order valence-electron chi connectivity index (χ1n) is 8.58. The van der Waals surface area contributed by atoms with Crippen LogP contribution in [0.3, 0.4) is 0 Å². The van der Waals surface area contributed by atoms with E-state index in [1.54, 1.807) is 31.4 Å². The molecule has 1 aliphatic heterocycles. The van der Waals surface area contributed by atoms with Crippen molar-refractivity contribution in [2.45, 2.75) is 25.0 Å². The molecule has 0 saturated carbocycles. The minimum absolute atomic E-state index is 0.272. The van der Waals surface area contributed by atoms with Crippen molar-refractivity contribution >= 4 is 16.7 Å². The SMILES string of the molecule is [3H]c1ccc(C2CC(C)(OC)Oc3c2c(=O)oc2c(N)cccc32)cc1. The van der Waals surface area contributed by atoms with E-state index in [1.807, 2.05) is 25.1 Å². The van der Waals surface area contributed by atoms with Gasteiger partial charge in [0.1, 0.15) is 5.75 Å². The fraction of sp³-hybridized carbons (Fsp3) is 0.250. The number of nitrogens with two attached hydrogens (primary N) is 1. The second-order valence-corrected chi connectivity index (χ2v) is 6.39. The number of nitrogen functional groups attached to an aromatic ring is 1. The molecule has 128 valence electrons. The van der Waals surface area contributed by atoms with E-state index in [0.29, 0.717) is 40.4 Å². The van der Waals surface area contributed by atoms with Crippen LogP contribution in [0.2, 0.25) is 0 Å². The number of hydrogen-bond donors (Lipinski definition) is 1. The summed E-state index contributed by atoms with van der Waals surface area (Å²) in [6.07, 6.45) is 0.451. The standard InChI is InChI=1S/C20H19NO4/c1-20(23-2)11-14(12-7-4-3-5-8-12)16-18(25-20)13-9-6-10-15(21)17(13)24-19(16)22/h3-10,14H,11,21H2,1-2H3/i3T. The Balaban J connectivity index is 2.02. The lowest BCUT2D eigenvalue weighted by molar-refractivity contribution is -0.163. The molecule has 1 aromatic heterocycles.